The summed E-state index contributed by atoms with van der Waals surface area (Å²) in [6, 6.07) is 14.5. The van der Waals surface area contributed by atoms with Crippen molar-refractivity contribution in [3.63, 3.8) is 0 Å². The van der Waals surface area contributed by atoms with E-state index in [-0.39, 0.29) is 12.1 Å². The number of thiazole rings is 1. The largest absolute Gasteiger partial charge is 0.473 e. The Morgan fingerprint density at radius 2 is 2.00 bits per heavy atom. The lowest BCUT2D eigenvalue weighted by Crippen LogP contribution is -2.32. The molecular weight excluding hydrogens is 490 g/mol. The quantitative estimate of drug-likeness (QED) is 0.353. The molecule has 180 valence electrons. The number of nitrogens with one attached hydrogen (secondary N) is 2. The lowest BCUT2D eigenvalue weighted by molar-refractivity contribution is -0.115. The average Bonchev–Trinajstić information content (AvgIpc) is 3.52. The maximum absolute atomic E-state index is 12.2. The maximum Gasteiger partial charge on any atom is 0.253 e. The highest BCUT2D eigenvalue weighted by Gasteiger charge is 2.14. The number of rotatable bonds is 9. The van der Waals surface area contributed by atoms with E-state index in [1.165, 1.54) is 29.8 Å². The predicted octanol–water partition coefficient (Wildman–Crippen LogP) is 2.76. The van der Waals surface area contributed by atoms with Gasteiger partial charge in [0.05, 0.1) is 24.1 Å². The molecule has 3 heterocycles. The Bertz CT molecular complexity index is 1450. The SMILES string of the molecule is CS(=O)(=O)n1ccc(C(=O)NCC(=O)Nc2nc(-c3cccc(COc4ccccn4)c3)cs2)c1. The summed E-state index contributed by atoms with van der Waals surface area (Å²) in [6.45, 7) is 0.0595. The topological polar surface area (TPSA) is 132 Å². The van der Waals surface area contributed by atoms with E-state index in [0.29, 0.717) is 23.3 Å². The third kappa shape index (κ3) is 6.52. The molecule has 0 unspecified atom stereocenters. The zero-order valence-corrected chi connectivity index (χ0v) is 20.2. The number of amides is 2. The number of hydrogen-bond donors (Lipinski definition) is 2. The molecule has 0 aliphatic carbocycles. The number of carbonyl (C=O) groups excluding carboxylic acids is 2. The van der Waals surface area contributed by atoms with Gasteiger partial charge in [0.15, 0.2) is 5.13 Å². The lowest BCUT2D eigenvalue weighted by Gasteiger charge is -2.06. The molecule has 2 amide bonds. The molecule has 10 nitrogen and oxygen atoms in total. The van der Waals surface area contributed by atoms with Gasteiger partial charge in [-0.25, -0.2) is 18.4 Å². The van der Waals surface area contributed by atoms with Crippen LogP contribution in [0, 0.1) is 0 Å². The smallest absolute Gasteiger partial charge is 0.253 e. The fourth-order valence-corrected chi connectivity index (χ4v) is 4.34. The number of ether oxygens (including phenoxy) is 1. The van der Waals surface area contributed by atoms with Crippen LogP contribution in [-0.2, 0) is 21.4 Å². The summed E-state index contributed by atoms with van der Waals surface area (Å²) < 4.78 is 29.6. The van der Waals surface area contributed by atoms with E-state index in [0.717, 1.165) is 21.4 Å². The van der Waals surface area contributed by atoms with Crippen LogP contribution in [0.3, 0.4) is 0 Å². The fourth-order valence-electron chi connectivity index (χ4n) is 3.02. The van der Waals surface area contributed by atoms with Gasteiger partial charge < -0.3 is 15.4 Å². The Balaban J connectivity index is 1.31. The average molecular weight is 512 g/mol. The summed E-state index contributed by atoms with van der Waals surface area (Å²) in [6.07, 6.45) is 5.14. The van der Waals surface area contributed by atoms with Crippen LogP contribution in [0.2, 0.25) is 0 Å². The summed E-state index contributed by atoms with van der Waals surface area (Å²) in [5.41, 5.74) is 2.63. The molecule has 0 radical (unpaired) electrons. The third-order valence-corrected chi connectivity index (χ3v) is 6.47. The highest BCUT2D eigenvalue weighted by molar-refractivity contribution is 7.89. The molecule has 4 aromatic rings. The molecule has 1 aromatic carbocycles. The van der Waals surface area contributed by atoms with Gasteiger partial charge in [-0.3, -0.25) is 13.6 Å². The third-order valence-electron chi connectivity index (χ3n) is 4.72. The summed E-state index contributed by atoms with van der Waals surface area (Å²) in [4.78, 5) is 33.0. The molecule has 0 saturated carbocycles. The second kappa shape index (κ2) is 10.5. The van der Waals surface area contributed by atoms with Crippen LogP contribution < -0.4 is 15.4 Å². The number of benzene rings is 1. The molecule has 0 aliphatic rings. The Labute approximate surface area is 205 Å². The van der Waals surface area contributed by atoms with E-state index in [9.17, 15) is 18.0 Å². The Morgan fingerprint density at radius 1 is 1.14 bits per heavy atom. The van der Waals surface area contributed by atoms with Crippen LogP contribution in [0.25, 0.3) is 11.3 Å². The van der Waals surface area contributed by atoms with Crippen molar-refractivity contribution in [3.8, 4) is 17.1 Å². The van der Waals surface area contributed by atoms with Crippen LogP contribution >= 0.6 is 11.3 Å². The molecule has 3 aromatic heterocycles. The van der Waals surface area contributed by atoms with Gasteiger partial charge in [0.1, 0.15) is 6.61 Å². The summed E-state index contributed by atoms with van der Waals surface area (Å²) in [7, 11) is -3.49. The minimum atomic E-state index is -3.49. The number of anilines is 1. The van der Waals surface area contributed by atoms with Crippen molar-refractivity contribution in [3.05, 3.63) is 83.6 Å². The van der Waals surface area contributed by atoms with Crippen molar-refractivity contribution in [1.29, 1.82) is 0 Å². The standard InChI is InChI=1S/C23H21N5O5S2/c1-35(31,32)28-10-8-18(13-28)22(30)25-12-20(29)27-23-26-19(15-34-23)17-6-4-5-16(11-17)14-33-21-7-2-3-9-24-21/h2-11,13,15H,12,14H2,1H3,(H,25,30)(H,26,27,29). The van der Waals surface area contributed by atoms with Gasteiger partial charge in [0.2, 0.25) is 21.8 Å². The first-order valence-corrected chi connectivity index (χ1v) is 13.1. The first kappa shape index (κ1) is 24.1. The highest BCUT2D eigenvalue weighted by Crippen LogP contribution is 2.26. The van der Waals surface area contributed by atoms with Gasteiger partial charge in [-0.05, 0) is 23.8 Å². The molecule has 0 aliphatic heterocycles. The first-order chi connectivity index (χ1) is 16.8. The van der Waals surface area contributed by atoms with Crippen LogP contribution in [0.4, 0.5) is 5.13 Å². The second-order valence-corrected chi connectivity index (χ2v) is 10.2. The Kier molecular flexibility index (Phi) is 7.22. The van der Waals surface area contributed by atoms with Crippen LogP contribution in [-0.4, -0.2) is 47.0 Å². The number of nitrogens with zero attached hydrogens (tertiary/aromatic N) is 3. The molecule has 0 saturated heterocycles. The van der Waals surface area contributed by atoms with Crippen LogP contribution in [0.5, 0.6) is 5.88 Å². The van der Waals surface area contributed by atoms with Gasteiger partial charge in [0.25, 0.3) is 5.91 Å². The summed E-state index contributed by atoms with van der Waals surface area (Å²) >= 11 is 1.26. The van der Waals surface area contributed by atoms with Crippen molar-refractivity contribution >= 4 is 38.3 Å². The van der Waals surface area contributed by atoms with E-state index < -0.39 is 21.8 Å². The monoisotopic (exact) mass is 511 g/mol. The van der Waals surface area contributed by atoms with Crippen molar-refractivity contribution in [2.45, 2.75) is 6.61 Å². The van der Waals surface area contributed by atoms with E-state index in [1.807, 2.05) is 41.8 Å². The molecule has 4 rings (SSSR count). The molecule has 35 heavy (non-hydrogen) atoms. The van der Waals surface area contributed by atoms with E-state index in [1.54, 1.807) is 12.3 Å². The van der Waals surface area contributed by atoms with Crippen molar-refractivity contribution < 1.29 is 22.7 Å². The number of pyridine rings is 1. The van der Waals surface area contributed by atoms with Gasteiger partial charge in [0, 0.05) is 35.6 Å². The van der Waals surface area contributed by atoms with Crippen molar-refractivity contribution in [2.24, 2.45) is 0 Å². The van der Waals surface area contributed by atoms with Crippen LogP contribution in [0.15, 0.2) is 72.5 Å². The summed E-state index contributed by atoms with van der Waals surface area (Å²) in [5.74, 6) is -0.483. The number of carbonyl (C=O) groups is 2. The van der Waals surface area contributed by atoms with Gasteiger partial charge in [-0.15, -0.1) is 11.3 Å². The maximum atomic E-state index is 12.2. The van der Waals surface area contributed by atoms with Gasteiger partial charge in [-0.1, -0.05) is 24.3 Å². The lowest BCUT2D eigenvalue weighted by atomic mass is 10.1. The molecule has 0 bridgehead atoms. The molecule has 0 atom stereocenters. The normalized spacial score (nSPS) is 11.1. The van der Waals surface area contributed by atoms with E-state index in [4.69, 9.17) is 4.74 Å². The van der Waals surface area contributed by atoms with E-state index in [2.05, 4.69) is 20.6 Å². The van der Waals surface area contributed by atoms with Crippen LogP contribution in [0.1, 0.15) is 15.9 Å². The summed E-state index contributed by atoms with van der Waals surface area (Å²) in [5, 5.41) is 7.31. The zero-order valence-electron chi connectivity index (χ0n) is 18.5. The van der Waals surface area contributed by atoms with Crippen molar-refractivity contribution in [1.82, 2.24) is 19.3 Å². The Hall–Kier alpha value is -4.03. The first-order valence-electron chi connectivity index (χ1n) is 10.3. The van der Waals surface area contributed by atoms with Crippen molar-refractivity contribution in [2.75, 3.05) is 18.1 Å². The molecule has 2 N–H and O–H groups in total. The Morgan fingerprint density at radius 3 is 2.74 bits per heavy atom. The minimum Gasteiger partial charge on any atom is -0.473 e. The minimum absolute atomic E-state index is 0.131. The number of hydrogen-bond acceptors (Lipinski definition) is 8. The van der Waals surface area contributed by atoms with Gasteiger partial charge in [-0.2, -0.15) is 0 Å². The van der Waals surface area contributed by atoms with Gasteiger partial charge >= 0.3 is 0 Å². The molecule has 0 spiro atoms. The fraction of sp³-hybridized carbons (Fsp3) is 0.130. The highest BCUT2D eigenvalue weighted by atomic mass is 32.2. The molecular formula is C23H21N5O5S2. The zero-order chi connectivity index (χ0) is 24.8. The second-order valence-electron chi connectivity index (χ2n) is 7.42. The van der Waals surface area contributed by atoms with E-state index >= 15 is 0 Å². The molecule has 0 fully saturated rings. The predicted molar refractivity (Wildman–Crippen MR) is 132 cm³/mol. The number of aromatic nitrogens is 3. The molecule has 12 heteroatoms.